The summed E-state index contributed by atoms with van der Waals surface area (Å²) in [6.45, 7) is 4.98. The smallest absolute Gasteiger partial charge is 0.220 e. The number of nitrogens with two attached hydrogens (primary N) is 1. The first-order valence-corrected chi connectivity index (χ1v) is 11.5. The molecule has 3 N–H and O–H groups in total. The maximum atomic E-state index is 12.0. The van der Waals surface area contributed by atoms with E-state index < -0.39 is 6.10 Å². The molecule has 6 heteroatoms. The van der Waals surface area contributed by atoms with E-state index in [1.54, 1.807) is 0 Å². The van der Waals surface area contributed by atoms with Crippen LogP contribution in [0.25, 0.3) is 11.0 Å². The van der Waals surface area contributed by atoms with Crippen LogP contribution in [0.1, 0.15) is 25.0 Å². The van der Waals surface area contributed by atoms with Crippen molar-refractivity contribution in [3.05, 3.63) is 72.0 Å². The van der Waals surface area contributed by atoms with Gasteiger partial charge >= 0.3 is 0 Å². The Balaban J connectivity index is 1.23. The highest BCUT2D eigenvalue weighted by Crippen LogP contribution is 2.22. The molecule has 0 saturated carbocycles. The summed E-state index contributed by atoms with van der Waals surface area (Å²) in [5.74, 6) is 0.282. The SMILES string of the molecule is NC(=O)[C@H](CC1=CC=CCC=C1)C[C@H](O)CN1CCN(Cc2cc3ccccc3o2)CC1. The van der Waals surface area contributed by atoms with Crippen LogP contribution in [-0.4, -0.2) is 59.6 Å². The molecular weight excluding hydrogens is 402 g/mol. The molecule has 6 nitrogen and oxygen atoms in total. The predicted octanol–water partition coefficient (Wildman–Crippen LogP) is 3.24. The fourth-order valence-electron chi connectivity index (χ4n) is 4.51. The van der Waals surface area contributed by atoms with E-state index in [4.69, 9.17) is 10.2 Å². The van der Waals surface area contributed by atoms with Crippen molar-refractivity contribution in [2.24, 2.45) is 11.7 Å². The summed E-state index contributed by atoms with van der Waals surface area (Å²) in [6, 6.07) is 10.2. The molecule has 0 spiro atoms. The Bertz CT molecular complexity index is 966. The van der Waals surface area contributed by atoms with Gasteiger partial charge in [0.2, 0.25) is 5.91 Å². The van der Waals surface area contributed by atoms with Crippen molar-refractivity contribution in [3.63, 3.8) is 0 Å². The van der Waals surface area contributed by atoms with Crippen LogP contribution in [0.4, 0.5) is 0 Å². The van der Waals surface area contributed by atoms with Gasteiger partial charge in [-0.25, -0.2) is 0 Å². The van der Waals surface area contributed by atoms with Gasteiger partial charge in [-0.3, -0.25) is 14.6 Å². The van der Waals surface area contributed by atoms with Gasteiger partial charge in [0, 0.05) is 44.0 Å². The standard InChI is InChI=1S/C26H33N3O3/c27-26(31)22(15-20-7-3-1-2-4-8-20)16-23(30)18-28-11-13-29(14-12-28)19-24-17-21-9-5-6-10-25(21)32-24/h1,3-10,17,22-23,30H,2,11-16,18-19H2,(H2,27,31)/t22-,23+/m1/s1. The van der Waals surface area contributed by atoms with Crippen LogP contribution in [-0.2, 0) is 11.3 Å². The Morgan fingerprint density at radius 2 is 1.91 bits per heavy atom. The summed E-state index contributed by atoms with van der Waals surface area (Å²) in [6.07, 6.45) is 11.5. The zero-order valence-electron chi connectivity index (χ0n) is 18.5. The van der Waals surface area contributed by atoms with Crippen LogP contribution in [0.2, 0.25) is 0 Å². The molecule has 32 heavy (non-hydrogen) atoms. The number of hydrogen-bond donors (Lipinski definition) is 2. The first kappa shape index (κ1) is 22.5. The number of para-hydroxylation sites is 1. The summed E-state index contributed by atoms with van der Waals surface area (Å²) in [5, 5.41) is 11.8. The zero-order valence-corrected chi connectivity index (χ0v) is 18.5. The number of furan rings is 1. The molecule has 1 aliphatic carbocycles. The van der Waals surface area contributed by atoms with Crippen LogP contribution >= 0.6 is 0 Å². The highest BCUT2D eigenvalue weighted by atomic mass is 16.3. The second kappa shape index (κ2) is 10.8. The number of β-amino-alcohol motifs (C(OH)–C–C–N with tert-alkyl or cyclic N) is 1. The fourth-order valence-corrected chi connectivity index (χ4v) is 4.51. The Labute approximate surface area is 189 Å². The van der Waals surface area contributed by atoms with Gasteiger partial charge in [0.25, 0.3) is 0 Å². The number of hydrogen-bond acceptors (Lipinski definition) is 5. The lowest BCUT2D eigenvalue weighted by atomic mass is 9.92. The minimum Gasteiger partial charge on any atom is -0.460 e. The molecule has 0 bridgehead atoms. The van der Waals surface area contributed by atoms with Crippen LogP contribution in [0.5, 0.6) is 0 Å². The molecule has 4 rings (SSSR count). The van der Waals surface area contributed by atoms with Crippen molar-refractivity contribution in [3.8, 4) is 0 Å². The Kier molecular flexibility index (Phi) is 7.58. The number of rotatable bonds is 9. The number of aliphatic hydroxyl groups is 1. The first-order chi connectivity index (χ1) is 15.6. The van der Waals surface area contributed by atoms with Gasteiger partial charge in [-0.1, -0.05) is 48.6 Å². The minimum atomic E-state index is -0.569. The van der Waals surface area contributed by atoms with Crippen molar-refractivity contribution in [1.82, 2.24) is 9.80 Å². The molecule has 1 aromatic heterocycles. The van der Waals surface area contributed by atoms with Crippen molar-refractivity contribution in [1.29, 1.82) is 0 Å². The topological polar surface area (TPSA) is 82.9 Å². The number of amides is 1. The van der Waals surface area contributed by atoms with Crippen molar-refractivity contribution >= 4 is 16.9 Å². The number of primary amides is 1. The summed E-state index contributed by atoms with van der Waals surface area (Å²) < 4.78 is 5.95. The summed E-state index contributed by atoms with van der Waals surface area (Å²) in [7, 11) is 0. The third-order valence-electron chi connectivity index (χ3n) is 6.28. The molecular formula is C26H33N3O3. The van der Waals surface area contributed by atoms with Crippen molar-refractivity contribution in [2.75, 3.05) is 32.7 Å². The van der Waals surface area contributed by atoms with Gasteiger partial charge < -0.3 is 15.3 Å². The average Bonchev–Trinajstić information content (AvgIpc) is 3.00. The second-order valence-corrected chi connectivity index (χ2v) is 8.83. The van der Waals surface area contributed by atoms with Gasteiger partial charge in [-0.15, -0.1) is 0 Å². The van der Waals surface area contributed by atoms with Gasteiger partial charge in [0.15, 0.2) is 0 Å². The summed E-state index contributed by atoms with van der Waals surface area (Å²) in [5.41, 5.74) is 7.65. The van der Waals surface area contributed by atoms with Gasteiger partial charge in [-0.05, 0) is 37.0 Å². The molecule has 1 aromatic carbocycles. The quantitative estimate of drug-likeness (QED) is 0.632. The molecule has 1 aliphatic heterocycles. The van der Waals surface area contributed by atoms with Crippen LogP contribution < -0.4 is 5.73 Å². The lowest BCUT2D eigenvalue weighted by Gasteiger charge is -2.35. The van der Waals surface area contributed by atoms with E-state index in [2.05, 4.69) is 34.1 Å². The predicted molar refractivity (Wildman–Crippen MR) is 127 cm³/mol. The second-order valence-electron chi connectivity index (χ2n) is 8.83. The number of aliphatic hydroxyl groups excluding tert-OH is 1. The number of carbonyl (C=O) groups is 1. The third-order valence-corrected chi connectivity index (χ3v) is 6.28. The first-order valence-electron chi connectivity index (χ1n) is 11.5. The monoisotopic (exact) mass is 435 g/mol. The average molecular weight is 436 g/mol. The third kappa shape index (κ3) is 6.19. The van der Waals surface area contributed by atoms with E-state index in [0.717, 1.165) is 61.4 Å². The van der Waals surface area contributed by atoms with E-state index in [1.807, 2.05) is 36.4 Å². The minimum absolute atomic E-state index is 0.345. The highest BCUT2D eigenvalue weighted by Gasteiger charge is 2.24. The van der Waals surface area contributed by atoms with E-state index in [1.165, 1.54) is 0 Å². The number of allylic oxidation sites excluding steroid dienone is 6. The molecule has 2 aliphatic rings. The van der Waals surface area contributed by atoms with E-state index >= 15 is 0 Å². The summed E-state index contributed by atoms with van der Waals surface area (Å²) >= 11 is 0. The van der Waals surface area contributed by atoms with Crippen molar-refractivity contribution in [2.45, 2.75) is 31.9 Å². The Morgan fingerprint density at radius 3 is 2.69 bits per heavy atom. The molecule has 0 unspecified atom stereocenters. The Morgan fingerprint density at radius 1 is 1.12 bits per heavy atom. The number of nitrogens with zero attached hydrogens (tertiary/aromatic N) is 2. The van der Waals surface area contributed by atoms with Gasteiger partial charge in [0.05, 0.1) is 12.6 Å². The van der Waals surface area contributed by atoms with Crippen LogP contribution in [0, 0.1) is 5.92 Å². The van der Waals surface area contributed by atoms with Gasteiger partial charge in [-0.2, -0.15) is 0 Å². The van der Waals surface area contributed by atoms with Crippen LogP contribution in [0.15, 0.2) is 70.7 Å². The lowest BCUT2D eigenvalue weighted by Crippen LogP contribution is -2.48. The lowest BCUT2D eigenvalue weighted by molar-refractivity contribution is -0.122. The van der Waals surface area contributed by atoms with Crippen molar-refractivity contribution < 1.29 is 14.3 Å². The number of carbonyl (C=O) groups excluding carboxylic acids is 1. The number of fused-ring (bicyclic) bond motifs is 1. The largest absolute Gasteiger partial charge is 0.460 e. The van der Waals surface area contributed by atoms with E-state index in [9.17, 15) is 9.90 Å². The maximum Gasteiger partial charge on any atom is 0.220 e. The zero-order chi connectivity index (χ0) is 22.3. The van der Waals surface area contributed by atoms with E-state index in [0.29, 0.717) is 19.4 Å². The molecule has 0 radical (unpaired) electrons. The highest BCUT2D eigenvalue weighted by molar-refractivity contribution is 5.78. The Hall–Kier alpha value is -2.67. The molecule has 2 heterocycles. The van der Waals surface area contributed by atoms with E-state index in [-0.39, 0.29) is 11.8 Å². The van der Waals surface area contributed by atoms with Gasteiger partial charge in [0.1, 0.15) is 11.3 Å². The summed E-state index contributed by atoms with van der Waals surface area (Å²) in [4.78, 5) is 16.6. The molecule has 1 fully saturated rings. The number of piperazine rings is 1. The fraction of sp³-hybridized carbons (Fsp3) is 0.423. The molecule has 2 aromatic rings. The van der Waals surface area contributed by atoms with Crippen LogP contribution in [0.3, 0.4) is 0 Å². The molecule has 170 valence electrons. The molecule has 2 atom stereocenters. The molecule has 1 saturated heterocycles. The maximum absolute atomic E-state index is 12.0. The number of benzene rings is 1. The normalized spacial score (nSPS) is 19.6. The molecule has 1 amide bonds.